The molecular weight excluding hydrogens is 192 g/mol. The molecule has 0 aromatic heterocycles. The Bertz CT molecular complexity index is 463. The van der Waals surface area contributed by atoms with Crippen LogP contribution in [0.15, 0.2) is 47.6 Å². The highest BCUT2D eigenvalue weighted by Gasteiger charge is 2.21. The molecule has 1 aromatic carbocycles. The predicted octanol–water partition coefficient (Wildman–Crippen LogP) is 4.38. The molecule has 0 spiro atoms. The molecule has 16 heavy (non-hydrogen) atoms. The second-order valence-corrected chi connectivity index (χ2v) is 4.91. The van der Waals surface area contributed by atoms with Crippen LogP contribution in [0.4, 0.5) is 0 Å². The molecule has 0 heterocycles. The van der Waals surface area contributed by atoms with E-state index in [0.29, 0.717) is 5.92 Å². The summed E-state index contributed by atoms with van der Waals surface area (Å²) < 4.78 is 0. The number of hydrogen-bond acceptors (Lipinski definition) is 0. The van der Waals surface area contributed by atoms with E-state index in [0.717, 1.165) is 0 Å². The smallest absolute Gasteiger partial charge is 0.00284 e. The summed E-state index contributed by atoms with van der Waals surface area (Å²) in [6.07, 6.45) is 9.63. The van der Waals surface area contributed by atoms with Crippen molar-refractivity contribution in [3.8, 4) is 0 Å². The van der Waals surface area contributed by atoms with Crippen LogP contribution in [0.25, 0.3) is 0 Å². The van der Waals surface area contributed by atoms with Gasteiger partial charge in [0.2, 0.25) is 0 Å². The molecule has 1 aromatic rings. The lowest BCUT2D eigenvalue weighted by Crippen LogP contribution is -2.02. The maximum Gasteiger partial charge on any atom is 0.00284 e. The Balaban J connectivity index is 2.09. The summed E-state index contributed by atoms with van der Waals surface area (Å²) in [5.74, 6) is 0.624. The minimum absolute atomic E-state index is 0.624. The first-order valence-electron chi connectivity index (χ1n) is 6.32. The summed E-state index contributed by atoms with van der Waals surface area (Å²) in [5, 5.41) is 0. The normalized spacial score (nSPS) is 23.7. The third-order valence-corrected chi connectivity index (χ3v) is 4.02. The number of allylic oxidation sites excluding steroid dienone is 4. The molecule has 2 aliphatic carbocycles. The molecule has 2 aliphatic rings. The third-order valence-electron chi connectivity index (χ3n) is 4.02. The molecule has 0 saturated carbocycles. The fraction of sp³-hybridized carbons (Fsp3) is 0.375. The topological polar surface area (TPSA) is 0 Å². The summed E-state index contributed by atoms with van der Waals surface area (Å²) in [5.41, 5.74) is 6.41. The summed E-state index contributed by atoms with van der Waals surface area (Å²) >= 11 is 0. The highest BCUT2D eigenvalue weighted by atomic mass is 14.3. The Labute approximate surface area is 97.7 Å². The molecular formula is C16H18. The second-order valence-electron chi connectivity index (χ2n) is 4.91. The van der Waals surface area contributed by atoms with Crippen molar-refractivity contribution >= 4 is 0 Å². The summed E-state index contributed by atoms with van der Waals surface area (Å²) in [7, 11) is 0. The summed E-state index contributed by atoms with van der Waals surface area (Å²) in [6.45, 7) is 2.37. The Morgan fingerprint density at radius 3 is 2.88 bits per heavy atom. The Kier molecular flexibility index (Phi) is 2.43. The van der Waals surface area contributed by atoms with Crippen molar-refractivity contribution in [2.75, 3.05) is 0 Å². The van der Waals surface area contributed by atoms with Gasteiger partial charge in [0.1, 0.15) is 0 Å². The molecule has 82 valence electrons. The Morgan fingerprint density at radius 2 is 1.94 bits per heavy atom. The molecule has 0 aliphatic heterocycles. The van der Waals surface area contributed by atoms with Gasteiger partial charge in [0, 0.05) is 5.92 Å². The molecule has 0 fully saturated rings. The highest BCUT2D eigenvalue weighted by molar-refractivity contribution is 5.44. The lowest BCUT2D eigenvalue weighted by Gasteiger charge is -2.20. The lowest BCUT2D eigenvalue weighted by molar-refractivity contribution is 0.785. The van der Waals surface area contributed by atoms with Crippen LogP contribution in [-0.4, -0.2) is 0 Å². The molecule has 0 radical (unpaired) electrons. The maximum absolute atomic E-state index is 2.37. The molecule has 0 amide bonds. The van der Waals surface area contributed by atoms with Crippen molar-refractivity contribution in [2.45, 2.75) is 38.5 Å². The van der Waals surface area contributed by atoms with E-state index in [1.54, 1.807) is 22.3 Å². The zero-order valence-corrected chi connectivity index (χ0v) is 9.87. The van der Waals surface area contributed by atoms with Crippen molar-refractivity contribution in [1.29, 1.82) is 0 Å². The number of aryl methyl sites for hydroxylation is 1. The standard InChI is InChI=1S/C16H18/c1-12-15-8-4-2-6-13(15)10-11-14-7-3-5-9-16(12)14/h2-4,6-8,12H,5,9-11H2,1H3. The molecule has 0 bridgehead atoms. The molecule has 0 nitrogen and oxygen atoms in total. The van der Waals surface area contributed by atoms with Gasteiger partial charge in [-0.3, -0.25) is 0 Å². The van der Waals surface area contributed by atoms with Gasteiger partial charge in [0.15, 0.2) is 0 Å². The van der Waals surface area contributed by atoms with Crippen LogP contribution in [0.5, 0.6) is 0 Å². The first-order valence-corrected chi connectivity index (χ1v) is 6.32. The molecule has 1 atom stereocenters. The van der Waals surface area contributed by atoms with Crippen LogP contribution >= 0.6 is 0 Å². The summed E-state index contributed by atoms with van der Waals surface area (Å²) in [4.78, 5) is 0. The third kappa shape index (κ3) is 1.53. The fourth-order valence-corrected chi connectivity index (χ4v) is 3.11. The minimum Gasteiger partial charge on any atom is -0.0839 e. The number of benzene rings is 1. The zero-order valence-electron chi connectivity index (χ0n) is 9.87. The lowest BCUT2D eigenvalue weighted by atomic mass is 9.85. The van der Waals surface area contributed by atoms with Crippen LogP contribution in [0.2, 0.25) is 0 Å². The van der Waals surface area contributed by atoms with Gasteiger partial charge in [-0.2, -0.15) is 0 Å². The van der Waals surface area contributed by atoms with E-state index >= 15 is 0 Å². The number of fused-ring (bicyclic) bond motifs is 1. The van der Waals surface area contributed by atoms with E-state index in [-0.39, 0.29) is 0 Å². The van der Waals surface area contributed by atoms with Gasteiger partial charge < -0.3 is 0 Å². The number of rotatable bonds is 0. The molecule has 0 N–H and O–H groups in total. The van der Waals surface area contributed by atoms with Gasteiger partial charge in [-0.05, 0) is 42.4 Å². The zero-order chi connectivity index (χ0) is 11.0. The van der Waals surface area contributed by atoms with Crippen molar-refractivity contribution < 1.29 is 0 Å². The van der Waals surface area contributed by atoms with E-state index in [1.165, 1.54) is 25.7 Å². The van der Waals surface area contributed by atoms with Gasteiger partial charge in [0.25, 0.3) is 0 Å². The average Bonchev–Trinajstić information content (AvgIpc) is 2.49. The summed E-state index contributed by atoms with van der Waals surface area (Å²) in [6, 6.07) is 8.97. The van der Waals surface area contributed by atoms with Gasteiger partial charge >= 0.3 is 0 Å². The van der Waals surface area contributed by atoms with Crippen LogP contribution in [0.1, 0.15) is 43.2 Å². The van der Waals surface area contributed by atoms with Crippen LogP contribution < -0.4 is 0 Å². The van der Waals surface area contributed by atoms with Crippen molar-refractivity contribution in [1.82, 2.24) is 0 Å². The van der Waals surface area contributed by atoms with E-state index in [9.17, 15) is 0 Å². The quantitative estimate of drug-likeness (QED) is 0.596. The van der Waals surface area contributed by atoms with E-state index < -0.39 is 0 Å². The molecule has 3 rings (SSSR count). The van der Waals surface area contributed by atoms with Crippen LogP contribution in [-0.2, 0) is 6.42 Å². The first-order chi connectivity index (χ1) is 7.86. The Morgan fingerprint density at radius 1 is 1.06 bits per heavy atom. The van der Waals surface area contributed by atoms with E-state index in [4.69, 9.17) is 0 Å². The SMILES string of the molecule is CC1C2=C(C=CCC2)CCc2ccccc21. The first kappa shape index (κ1) is 9.89. The van der Waals surface area contributed by atoms with Crippen molar-refractivity contribution in [3.05, 3.63) is 58.7 Å². The number of hydrogen-bond donors (Lipinski definition) is 0. The van der Waals surface area contributed by atoms with Gasteiger partial charge in [-0.15, -0.1) is 0 Å². The molecule has 0 saturated heterocycles. The second kappa shape index (κ2) is 3.93. The van der Waals surface area contributed by atoms with Crippen molar-refractivity contribution in [3.63, 3.8) is 0 Å². The van der Waals surface area contributed by atoms with Crippen molar-refractivity contribution in [2.24, 2.45) is 0 Å². The van der Waals surface area contributed by atoms with Crippen LogP contribution in [0.3, 0.4) is 0 Å². The predicted molar refractivity (Wildman–Crippen MR) is 68.6 cm³/mol. The maximum atomic E-state index is 2.37. The van der Waals surface area contributed by atoms with Gasteiger partial charge in [0.05, 0.1) is 0 Å². The van der Waals surface area contributed by atoms with Gasteiger partial charge in [-0.25, -0.2) is 0 Å². The molecule has 0 heteroatoms. The average molecular weight is 210 g/mol. The fourth-order valence-electron chi connectivity index (χ4n) is 3.11. The highest BCUT2D eigenvalue weighted by Crippen LogP contribution is 2.38. The largest absolute Gasteiger partial charge is 0.0839 e. The Hall–Kier alpha value is -1.30. The van der Waals surface area contributed by atoms with E-state index in [1.807, 2.05) is 0 Å². The van der Waals surface area contributed by atoms with Crippen LogP contribution in [0, 0.1) is 0 Å². The van der Waals surface area contributed by atoms with Gasteiger partial charge in [-0.1, -0.05) is 48.9 Å². The van der Waals surface area contributed by atoms with E-state index in [2.05, 4.69) is 43.3 Å². The minimum atomic E-state index is 0.624. The molecule has 1 unspecified atom stereocenters. The monoisotopic (exact) mass is 210 g/mol.